The molecule has 3 rings (SSSR count). The van der Waals surface area contributed by atoms with E-state index in [2.05, 4.69) is 24.1 Å². The third-order valence-corrected chi connectivity index (χ3v) is 4.96. The van der Waals surface area contributed by atoms with Crippen molar-refractivity contribution in [2.45, 2.75) is 32.7 Å². The number of hydrogen-bond acceptors (Lipinski definition) is 4. The normalized spacial score (nSPS) is 12.2. The van der Waals surface area contributed by atoms with Crippen molar-refractivity contribution < 1.29 is 4.79 Å². The van der Waals surface area contributed by atoms with Crippen LogP contribution in [0.25, 0.3) is 10.2 Å². The lowest BCUT2D eigenvalue weighted by molar-refractivity contribution is -0.116. The molecule has 0 aliphatic rings. The maximum atomic E-state index is 12.3. The van der Waals surface area contributed by atoms with Gasteiger partial charge in [0.05, 0.1) is 11.7 Å². The zero-order chi connectivity index (χ0) is 17.1. The molecule has 6 heteroatoms. The Morgan fingerprint density at radius 1 is 1.29 bits per heavy atom. The minimum atomic E-state index is -0.246. The van der Waals surface area contributed by atoms with Crippen molar-refractivity contribution in [1.82, 2.24) is 9.55 Å². The highest BCUT2D eigenvalue weighted by Gasteiger charge is 2.09. The lowest BCUT2D eigenvalue weighted by Gasteiger charge is -2.11. The molecule has 0 fully saturated rings. The summed E-state index contributed by atoms with van der Waals surface area (Å²) >= 11 is 1.41. The van der Waals surface area contributed by atoms with Gasteiger partial charge in [-0.15, -0.1) is 11.3 Å². The largest absolute Gasteiger partial charge is 0.325 e. The second-order valence-corrected chi connectivity index (χ2v) is 6.69. The summed E-state index contributed by atoms with van der Waals surface area (Å²) in [5.74, 6) is 0.251. The Labute approximate surface area is 144 Å². The SMILES string of the molecule is CC[C@@H](C)c1ccc(NC(=O)Cn2cnc3sccc3c2=O)cc1. The Morgan fingerprint density at radius 3 is 2.75 bits per heavy atom. The first-order valence-electron chi connectivity index (χ1n) is 7.91. The number of amides is 1. The zero-order valence-electron chi connectivity index (χ0n) is 13.7. The second kappa shape index (κ2) is 6.97. The van der Waals surface area contributed by atoms with E-state index in [9.17, 15) is 9.59 Å². The molecule has 1 atom stereocenters. The number of anilines is 1. The average molecular weight is 341 g/mol. The highest BCUT2D eigenvalue weighted by Crippen LogP contribution is 2.20. The van der Waals surface area contributed by atoms with Crippen molar-refractivity contribution in [3.63, 3.8) is 0 Å². The van der Waals surface area contributed by atoms with E-state index < -0.39 is 0 Å². The van der Waals surface area contributed by atoms with Crippen molar-refractivity contribution >= 4 is 33.1 Å². The Kier molecular flexibility index (Phi) is 4.76. The average Bonchev–Trinajstić information content (AvgIpc) is 3.07. The summed E-state index contributed by atoms with van der Waals surface area (Å²) in [7, 11) is 0. The quantitative estimate of drug-likeness (QED) is 0.771. The fourth-order valence-corrected chi connectivity index (χ4v) is 3.22. The standard InChI is InChI=1S/C18H19N3O2S/c1-3-12(2)13-4-6-14(7-5-13)20-16(22)10-21-11-19-17-15(18(21)23)8-9-24-17/h4-9,11-12H,3,10H2,1-2H3,(H,20,22)/t12-/m1/s1. The molecule has 0 aliphatic carbocycles. The Balaban J connectivity index is 1.70. The van der Waals surface area contributed by atoms with Crippen molar-refractivity contribution in [3.05, 3.63) is 58.0 Å². The van der Waals surface area contributed by atoms with E-state index in [1.807, 2.05) is 29.6 Å². The van der Waals surface area contributed by atoms with E-state index in [1.165, 1.54) is 27.8 Å². The Hall–Kier alpha value is -2.47. The van der Waals surface area contributed by atoms with Gasteiger partial charge in [0.1, 0.15) is 11.4 Å². The van der Waals surface area contributed by atoms with Gasteiger partial charge in [0.15, 0.2) is 0 Å². The number of benzene rings is 1. The number of rotatable bonds is 5. The smallest absolute Gasteiger partial charge is 0.262 e. The van der Waals surface area contributed by atoms with E-state index in [0.29, 0.717) is 16.1 Å². The number of aromatic nitrogens is 2. The Bertz CT molecular complexity index is 912. The molecule has 3 aromatic rings. The van der Waals surface area contributed by atoms with Crippen LogP contribution in [-0.2, 0) is 11.3 Å². The molecule has 24 heavy (non-hydrogen) atoms. The van der Waals surface area contributed by atoms with Crippen LogP contribution in [0.4, 0.5) is 5.69 Å². The van der Waals surface area contributed by atoms with E-state index in [0.717, 1.165) is 12.1 Å². The highest BCUT2D eigenvalue weighted by molar-refractivity contribution is 7.16. The van der Waals surface area contributed by atoms with Crippen LogP contribution >= 0.6 is 11.3 Å². The predicted octanol–water partition coefficient (Wildman–Crippen LogP) is 3.61. The molecule has 0 aliphatic heterocycles. The predicted molar refractivity (Wildman–Crippen MR) is 97.7 cm³/mol. The topological polar surface area (TPSA) is 64.0 Å². The summed E-state index contributed by atoms with van der Waals surface area (Å²) in [6.07, 6.45) is 2.50. The number of thiophene rings is 1. The Morgan fingerprint density at radius 2 is 2.04 bits per heavy atom. The van der Waals surface area contributed by atoms with Crippen LogP contribution in [-0.4, -0.2) is 15.5 Å². The summed E-state index contributed by atoms with van der Waals surface area (Å²) < 4.78 is 1.33. The first-order chi connectivity index (χ1) is 11.6. The minimum Gasteiger partial charge on any atom is -0.325 e. The number of carbonyl (C=O) groups excluding carboxylic acids is 1. The van der Waals surface area contributed by atoms with E-state index in [-0.39, 0.29) is 18.0 Å². The van der Waals surface area contributed by atoms with Gasteiger partial charge in [-0.05, 0) is 41.5 Å². The molecule has 2 aromatic heterocycles. The molecule has 0 spiro atoms. The van der Waals surface area contributed by atoms with Crippen LogP contribution in [0.5, 0.6) is 0 Å². The lowest BCUT2D eigenvalue weighted by atomic mass is 9.99. The lowest BCUT2D eigenvalue weighted by Crippen LogP contribution is -2.27. The monoisotopic (exact) mass is 341 g/mol. The number of nitrogens with one attached hydrogen (secondary N) is 1. The summed E-state index contributed by atoms with van der Waals surface area (Å²) in [6.45, 7) is 4.27. The molecule has 1 N–H and O–H groups in total. The molecule has 0 bridgehead atoms. The van der Waals surface area contributed by atoms with E-state index in [4.69, 9.17) is 0 Å². The van der Waals surface area contributed by atoms with Gasteiger partial charge in [0.2, 0.25) is 5.91 Å². The van der Waals surface area contributed by atoms with Gasteiger partial charge < -0.3 is 5.32 Å². The fourth-order valence-electron chi connectivity index (χ4n) is 2.49. The number of nitrogens with zero attached hydrogens (tertiary/aromatic N) is 2. The van der Waals surface area contributed by atoms with Gasteiger partial charge in [-0.3, -0.25) is 14.2 Å². The molecule has 1 amide bonds. The zero-order valence-corrected chi connectivity index (χ0v) is 14.5. The number of carbonyl (C=O) groups is 1. The first kappa shape index (κ1) is 16.4. The third kappa shape index (κ3) is 3.38. The van der Waals surface area contributed by atoms with Gasteiger partial charge in [-0.2, -0.15) is 0 Å². The molecule has 0 unspecified atom stereocenters. The van der Waals surface area contributed by atoms with Crippen molar-refractivity contribution in [2.24, 2.45) is 0 Å². The van der Waals surface area contributed by atoms with Crippen LogP contribution in [0.15, 0.2) is 46.8 Å². The molecule has 2 heterocycles. The summed E-state index contributed by atoms with van der Waals surface area (Å²) in [5.41, 5.74) is 1.78. The van der Waals surface area contributed by atoms with Crippen LogP contribution in [0.2, 0.25) is 0 Å². The molecule has 1 aromatic carbocycles. The van der Waals surface area contributed by atoms with E-state index >= 15 is 0 Å². The first-order valence-corrected chi connectivity index (χ1v) is 8.79. The van der Waals surface area contributed by atoms with Crippen LogP contribution in [0.3, 0.4) is 0 Å². The molecular weight excluding hydrogens is 322 g/mol. The van der Waals surface area contributed by atoms with Crippen molar-refractivity contribution in [2.75, 3.05) is 5.32 Å². The number of fused-ring (bicyclic) bond motifs is 1. The summed E-state index contributed by atoms with van der Waals surface area (Å²) in [4.78, 5) is 29.4. The molecule has 0 saturated heterocycles. The van der Waals surface area contributed by atoms with Gasteiger partial charge in [0, 0.05) is 5.69 Å². The van der Waals surface area contributed by atoms with Gasteiger partial charge in [-0.25, -0.2) is 4.98 Å². The van der Waals surface area contributed by atoms with Crippen LogP contribution in [0.1, 0.15) is 31.7 Å². The van der Waals surface area contributed by atoms with Crippen molar-refractivity contribution in [1.29, 1.82) is 0 Å². The maximum Gasteiger partial charge on any atom is 0.262 e. The third-order valence-electron chi connectivity index (χ3n) is 4.14. The van der Waals surface area contributed by atoms with Crippen LogP contribution < -0.4 is 10.9 Å². The molecule has 0 radical (unpaired) electrons. The maximum absolute atomic E-state index is 12.3. The number of hydrogen-bond donors (Lipinski definition) is 1. The van der Waals surface area contributed by atoms with Gasteiger partial charge in [-0.1, -0.05) is 26.0 Å². The van der Waals surface area contributed by atoms with E-state index in [1.54, 1.807) is 6.07 Å². The molecular formula is C18H19N3O2S. The van der Waals surface area contributed by atoms with Crippen LogP contribution in [0, 0.1) is 0 Å². The summed E-state index contributed by atoms with van der Waals surface area (Å²) in [6, 6.07) is 9.56. The summed E-state index contributed by atoms with van der Waals surface area (Å²) in [5, 5.41) is 5.19. The van der Waals surface area contributed by atoms with Gasteiger partial charge in [0.25, 0.3) is 5.56 Å². The fraction of sp³-hybridized carbons (Fsp3) is 0.278. The second-order valence-electron chi connectivity index (χ2n) is 5.80. The highest BCUT2D eigenvalue weighted by atomic mass is 32.1. The minimum absolute atomic E-state index is 0.0509. The molecule has 0 saturated carbocycles. The molecule has 5 nitrogen and oxygen atoms in total. The van der Waals surface area contributed by atoms with Gasteiger partial charge >= 0.3 is 0 Å². The molecule has 124 valence electrons. The van der Waals surface area contributed by atoms with Crippen molar-refractivity contribution in [3.8, 4) is 0 Å².